The van der Waals surface area contributed by atoms with Crippen molar-refractivity contribution in [3.8, 4) is 6.07 Å². The Balaban J connectivity index is 1.88. The molecule has 4 rings (SSSR count). The van der Waals surface area contributed by atoms with Gasteiger partial charge < -0.3 is 4.90 Å². The molecule has 3 aliphatic heterocycles. The highest BCUT2D eigenvalue weighted by atomic mass is 32.2. The minimum Gasteiger partial charge on any atom is -0.338 e. The van der Waals surface area contributed by atoms with E-state index >= 15 is 0 Å². The molecule has 0 aromatic heterocycles. The lowest BCUT2D eigenvalue weighted by Crippen LogP contribution is -2.42. The van der Waals surface area contributed by atoms with Crippen LogP contribution >= 0.6 is 11.8 Å². The van der Waals surface area contributed by atoms with Crippen molar-refractivity contribution in [2.45, 2.75) is 31.1 Å². The van der Waals surface area contributed by atoms with Crippen LogP contribution in [0.15, 0.2) is 58.8 Å². The van der Waals surface area contributed by atoms with Gasteiger partial charge in [0.05, 0.1) is 12.1 Å². The summed E-state index contributed by atoms with van der Waals surface area (Å²) in [5.41, 5.74) is 5.39. The molecule has 104 valence electrons. The number of hydrogen-bond acceptors (Lipinski definition) is 3. The van der Waals surface area contributed by atoms with E-state index in [2.05, 4.69) is 60.4 Å². The first-order valence-corrected chi connectivity index (χ1v) is 8.18. The van der Waals surface area contributed by atoms with Crippen molar-refractivity contribution in [1.82, 2.24) is 4.90 Å². The number of allylic oxidation sites excluding steroid dienone is 3. The molecule has 1 aromatic rings. The molecule has 1 aromatic carbocycles. The Labute approximate surface area is 129 Å². The predicted octanol–water partition coefficient (Wildman–Crippen LogP) is 4.30. The number of thioether (sulfide) groups is 1. The van der Waals surface area contributed by atoms with Crippen molar-refractivity contribution in [3.05, 3.63) is 64.3 Å². The topological polar surface area (TPSA) is 27.0 Å². The largest absolute Gasteiger partial charge is 0.338 e. The van der Waals surface area contributed by atoms with Gasteiger partial charge in [-0.15, -0.1) is 11.8 Å². The average molecular weight is 292 g/mol. The first-order valence-electron chi connectivity index (χ1n) is 7.30. The van der Waals surface area contributed by atoms with Crippen LogP contribution in [0.2, 0.25) is 0 Å². The lowest BCUT2D eigenvalue weighted by Gasteiger charge is -2.41. The molecule has 0 spiro atoms. The summed E-state index contributed by atoms with van der Waals surface area (Å²) in [5, 5.41) is 9.49. The Morgan fingerprint density at radius 2 is 2.10 bits per heavy atom. The Kier molecular flexibility index (Phi) is 2.94. The van der Waals surface area contributed by atoms with Crippen molar-refractivity contribution in [1.29, 1.82) is 5.26 Å². The average Bonchev–Trinajstić information content (AvgIpc) is 2.93. The number of rotatable bonds is 1. The van der Waals surface area contributed by atoms with Crippen LogP contribution < -0.4 is 0 Å². The summed E-state index contributed by atoms with van der Waals surface area (Å²) < 4.78 is 0. The molecule has 3 aliphatic rings. The summed E-state index contributed by atoms with van der Waals surface area (Å²) in [5.74, 6) is 0. The number of benzene rings is 1. The monoisotopic (exact) mass is 292 g/mol. The van der Waals surface area contributed by atoms with E-state index in [1.807, 2.05) is 0 Å². The summed E-state index contributed by atoms with van der Waals surface area (Å²) >= 11 is 1.74. The number of nitriles is 1. The van der Waals surface area contributed by atoms with Gasteiger partial charge in [0.1, 0.15) is 5.25 Å². The SMILES string of the molecule is CC1=C2CC(c3ccccc3)=C3C=CC[C@@H]([C@H](C#N)S1)N32. The molecule has 21 heavy (non-hydrogen) atoms. The standard InChI is InChI=1S/C18H16N2S/c1-12-17-10-14(13-6-3-2-4-7-13)15-8-5-9-16(20(15)17)18(11-19)21-12/h2-8,16,18H,9-10H2,1H3/t16-,18-/m0/s1. The summed E-state index contributed by atoms with van der Waals surface area (Å²) in [6, 6.07) is 13.4. The maximum atomic E-state index is 9.46. The zero-order valence-electron chi connectivity index (χ0n) is 11.9. The zero-order valence-corrected chi connectivity index (χ0v) is 12.7. The second-order valence-electron chi connectivity index (χ2n) is 5.65. The smallest absolute Gasteiger partial charge is 0.117 e. The number of nitrogens with zero attached hydrogens (tertiary/aromatic N) is 2. The van der Waals surface area contributed by atoms with Crippen molar-refractivity contribution in [3.63, 3.8) is 0 Å². The van der Waals surface area contributed by atoms with Crippen LogP contribution in [0.3, 0.4) is 0 Å². The van der Waals surface area contributed by atoms with E-state index in [9.17, 15) is 5.26 Å². The Bertz CT molecular complexity index is 721. The molecule has 0 aliphatic carbocycles. The highest BCUT2D eigenvalue weighted by Crippen LogP contribution is 2.50. The maximum Gasteiger partial charge on any atom is 0.117 e. The Hall–Kier alpha value is -1.92. The summed E-state index contributed by atoms with van der Waals surface area (Å²) in [6.07, 6.45) is 6.42. The molecule has 2 atom stereocenters. The fourth-order valence-electron chi connectivity index (χ4n) is 3.51. The molecule has 2 nitrogen and oxygen atoms in total. The quantitative estimate of drug-likeness (QED) is 0.772. The van der Waals surface area contributed by atoms with E-state index in [0.29, 0.717) is 6.04 Å². The molecule has 0 saturated heterocycles. The third-order valence-electron chi connectivity index (χ3n) is 4.50. The summed E-state index contributed by atoms with van der Waals surface area (Å²) in [6.45, 7) is 2.16. The molecule has 0 N–H and O–H groups in total. The molecule has 0 amide bonds. The van der Waals surface area contributed by atoms with Crippen molar-refractivity contribution < 1.29 is 0 Å². The van der Waals surface area contributed by atoms with Gasteiger partial charge in [-0.05, 0) is 30.6 Å². The van der Waals surface area contributed by atoms with Gasteiger partial charge in [-0.3, -0.25) is 0 Å². The van der Waals surface area contributed by atoms with Crippen molar-refractivity contribution >= 4 is 17.3 Å². The lowest BCUT2D eigenvalue weighted by atomic mass is 10.00. The fraction of sp³-hybridized carbons (Fsp3) is 0.278. The van der Waals surface area contributed by atoms with Gasteiger partial charge in [0.2, 0.25) is 0 Å². The van der Waals surface area contributed by atoms with Gasteiger partial charge in [0.15, 0.2) is 0 Å². The molecule has 3 heteroatoms. The zero-order chi connectivity index (χ0) is 14.4. The molecule has 3 heterocycles. The highest BCUT2D eigenvalue weighted by Gasteiger charge is 2.42. The van der Waals surface area contributed by atoms with Gasteiger partial charge in [-0.1, -0.05) is 36.4 Å². The Morgan fingerprint density at radius 3 is 2.86 bits per heavy atom. The third kappa shape index (κ3) is 1.86. The number of hydrogen-bond donors (Lipinski definition) is 0. The van der Waals surface area contributed by atoms with Gasteiger partial charge in [-0.2, -0.15) is 5.26 Å². The molecule has 0 fully saturated rings. The van der Waals surface area contributed by atoms with E-state index in [1.165, 1.54) is 27.4 Å². The lowest BCUT2D eigenvalue weighted by molar-refractivity contribution is 0.325. The molecular formula is C18H16N2S. The first kappa shape index (κ1) is 12.8. The molecular weight excluding hydrogens is 276 g/mol. The van der Waals surface area contributed by atoms with Crippen molar-refractivity contribution in [2.24, 2.45) is 0 Å². The van der Waals surface area contributed by atoms with E-state index in [1.54, 1.807) is 11.8 Å². The second kappa shape index (κ2) is 4.82. The molecule has 0 radical (unpaired) electrons. The van der Waals surface area contributed by atoms with Crippen LogP contribution in [0.1, 0.15) is 25.3 Å². The minimum absolute atomic E-state index is 0.0313. The van der Waals surface area contributed by atoms with Crippen LogP contribution in [0.4, 0.5) is 0 Å². The molecule has 0 bridgehead atoms. The van der Waals surface area contributed by atoms with Crippen LogP contribution in [-0.2, 0) is 0 Å². The van der Waals surface area contributed by atoms with Crippen LogP contribution in [0, 0.1) is 11.3 Å². The summed E-state index contributed by atoms with van der Waals surface area (Å²) in [4.78, 5) is 3.73. The Morgan fingerprint density at radius 1 is 1.29 bits per heavy atom. The van der Waals surface area contributed by atoms with Gasteiger partial charge in [-0.25, -0.2) is 0 Å². The first-order chi connectivity index (χ1) is 10.3. The second-order valence-corrected chi connectivity index (χ2v) is 7.01. The van der Waals surface area contributed by atoms with E-state index in [-0.39, 0.29) is 5.25 Å². The van der Waals surface area contributed by atoms with Gasteiger partial charge in [0.25, 0.3) is 0 Å². The van der Waals surface area contributed by atoms with E-state index in [0.717, 1.165) is 12.8 Å². The van der Waals surface area contributed by atoms with Crippen LogP contribution in [0.25, 0.3) is 5.57 Å². The van der Waals surface area contributed by atoms with E-state index in [4.69, 9.17) is 0 Å². The van der Waals surface area contributed by atoms with Gasteiger partial charge >= 0.3 is 0 Å². The molecule has 0 unspecified atom stereocenters. The maximum absolute atomic E-state index is 9.46. The van der Waals surface area contributed by atoms with Crippen LogP contribution in [0.5, 0.6) is 0 Å². The molecule has 0 saturated carbocycles. The minimum atomic E-state index is 0.0313. The van der Waals surface area contributed by atoms with Crippen LogP contribution in [-0.4, -0.2) is 16.2 Å². The normalized spacial score (nSPS) is 27.0. The summed E-state index contributed by atoms with van der Waals surface area (Å²) in [7, 11) is 0. The van der Waals surface area contributed by atoms with Crippen molar-refractivity contribution in [2.75, 3.05) is 0 Å². The fourth-order valence-corrected chi connectivity index (χ4v) is 4.64. The van der Waals surface area contributed by atoms with Gasteiger partial charge in [0, 0.05) is 22.7 Å². The highest BCUT2D eigenvalue weighted by molar-refractivity contribution is 8.04. The van der Waals surface area contributed by atoms with E-state index < -0.39 is 0 Å². The predicted molar refractivity (Wildman–Crippen MR) is 87.1 cm³/mol. The third-order valence-corrected chi connectivity index (χ3v) is 5.76.